The molecule has 1 aromatic heterocycles. The first-order valence-corrected chi connectivity index (χ1v) is 9.55. The number of rotatable bonds is 8. The third-order valence-corrected chi connectivity index (χ3v) is 4.86. The molecular weight excluding hydrogens is 394 g/mol. The summed E-state index contributed by atoms with van der Waals surface area (Å²) in [5.41, 5.74) is 1.76. The van der Waals surface area contributed by atoms with Crippen molar-refractivity contribution in [2.24, 2.45) is 0 Å². The third kappa shape index (κ3) is 4.91. The van der Waals surface area contributed by atoms with E-state index >= 15 is 0 Å². The molecule has 0 bridgehead atoms. The van der Waals surface area contributed by atoms with Gasteiger partial charge in [-0.15, -0.1) is 5.10 Å². The SMILES string of the molecule is COc1ccc(-n2nnnc2SCC(=O)Nc2cccc(C(C)=O)c2)cc1OC. The first kappa shape index (κ1) is 20.3. The highest BCUT2D eigenvalue weighted by Crippen LogP contribution is 2.30. The van der Waals surface area contributed by atoms with E-state index in [0.29, 0.717) is 33.6 Å². The maximum Gasteiger partial charge on any atom is 0.234 e. The quantitative estimate of drug-likeness (QED) is 0.443. The summed E-state index contributed by atoms with van der Waals surface area (Å²) >= 11 is 1.19. The number of carbonyl (C=O) groups is 2. The molecule has 0 fully saturated rings. The summed E-state index contributed by atoms with van der Waals surface area (Å²) in [6, 6.07) is 12.1. The molecule has 150 valence electrons. The van der Waals surface area contributed by atoms with Gasteiger partial charge in [-0.05, 0) is 41.6 Å². The van der Waals surface area contributed by atoms with Crippen molar-refractivity contribution in [3.8, 4) is 17.2 Å². The van der Waals surface area contributed by atoms with Gasteiger partial charge in [0.25, 0.3) is 0 Å². The Hall–Kier alpha value is -3.40. The number of hydrogen-bond donors (Lipinski definition) is 1. The van der Waals surface area contributed by atoms with E-state index in [-0.39, 0.29) is 17.4 Å². The van der Waals surface area contributed by atoms with Gasteiger partial charge in [0.2, 0.25) is 11.1 Å². The number of carbonyl (C=O) groups excluding carboxylic acids is 2. The van der Waals surface area contributed by atoms with Gasteiger partial charge in [0.1, 0.15) is 0 Å². The minimum atomic E-state index is -0.238. The monoisotopic (exact) mass is 413 g/mol. The zero-order valence-electron chi connectivity index (χ0n) is 16.1. The first-order chi connectivity index (χ1) is 14.0. The zero-order chi connectivity index (χ0) is 20.8. The molecule has 3 aromatic rings. The van der Waals surface area contributed by atoms with Gasteiger partial charge in [-0.1, -0.05) is 23.9 Å². The van der Waals surface area contributed by atoms with Crippen molar-refractivity contribution >= 4 is 29.1 Å². The van der Waals surface area contributed by atoms with Crippen molar-refractivity contribution in [2.45, 2.75) is 12.1 Å². The summed E-state index contributed by atoms with van der Waals surface area (Å²) in [6.45, 7) is 1.48. The fourth-order valence-corrected chi connectivity index (χ4v) is 3.22. The lowest BCUT2D eigenvalue weighted by Gasteiger charge is -2.10. The molecule has 9 nitrogen and oxygen atoms in total. The van der Waals surface area contributed by atoms with Crippen LogP contribution in [-0.2, 0) is 4.79 Å². The zero-order valence-corrected chi connectivity index (χ0v) is 16.9. The minimum absolute atomic E-state index is 0.0652. The van der Waals surface area contributed by atoms with Crippen LogP contribution in [0.3, 0.4) is 0 Å². The lowest BCUT2D eigenvalue weighted by atomic mass is 10.1. The number of tetrazole rings is 1. The summed E-state index contributed by atoms with van der Waals surface area (Å²) in [6.07, 6.45) is 0. The fourth-order valence-electron chi connectivity index (χ4n) is 2.53. The van der Waals surface area contributed by atoms with Gasteiger partial charge in [0.15, 0.2) is 17.3 Å². The number of nitrogens with zero attached hydrogens (tertiary/aromatic N) is 4. The van der Waals surface area contributed by atoms with Crippen molar-refractivity contribution in [1.82, 2.24) is 20.2 Å². The molecule has 0 atom stereocenters. The number of nitrogens with one attached hydrogen (secondary N) is 1. The van der Waals surface area contributed by atoms with Crippen LogP contribution in [0.2, 0.25) is 0 Å². The van der Waals surface area contributed by atoms with Gasteiger partial charge in [0, 0.05) is 17.3 Å². The van der Waals surface area contributed by atoms with Gasteiger partial charge in [-0.3, -0.25) is 9.59 Å². The van der Waals surface area contributed by atoms with E-state index in [1.807, 2.05) is 0 Å². The second-order valence-corrected chi connectivity index (χ2v) is 6.83. The lowest BCUT2D eigenvalue weighted by molar-refractivity contribution is -0.113. The number of Topliss-reactive ketones (excluding diaryl/α,β-unsaturated/α-hetero) is 1. The first-order valence-electron chi connectivity index (χ1n) is 8.56. The summed E-state index contributed by atoms with van der Waals surface area (Å²) < 4.78 is 12.0. The number of amides is 1. The molecule has 1 N–H and O–H groups in total. The van der Waals surface area contributed by atoms with E-state index in [1.165, 1.54) is 23.4 Å². The molecule has 0 aliphatic heterocycles. The predicted octanol–water partition coefficient (Wildman–Crippen LogP) is 2.61. The number of thioether (sulfide) groups is 1. The van der Waals surface area contributed by atoms with Gasteiger partial charge in [-0.2, -0.15) is 4.68 Å². The van der Waals surface area contributed by atoms with Crippen LogP contribution in [0.5, 0.6) is 11.5 Å². The molecule has 3 rings (SSSR count). The Bertz CT molecular complexity index is 1040. The molecule has 0 saturated carbocycles. The Balaban J connectivity index is 1.68. The summed E-state index contributed by atoms with van der Waals surface area (Å²) in [4.78, 5) is 23.8. The van der Waals surface area contributed by atoms with Crippen molar-refractivity contribution in [1.29, 1.82) is 0 Å². The molecular formula is C19H19N5O4S. The van der Waals surface area contributed by atoms with Crippen LogP contribution in [-0.4, -0.2) is 51.9 Å². The maximum absolute atomic E-state index is 12.3. The Morgan fingerprint density at radius 1 is 1.10 bits per heavy atom. The second-order valence-electron chi connectivity index (χ2n) is 5.89. The van der Waals surface area contributed by atoms with Gasteiger partial charge >= 0.3 is 0 Å². The number of benzene rings is 2. The Kier molecular flexibility index (Phi) is 6.45. The molecule has 0 saturated heterocycles. The highest BCUT2D eigenvalue weighted by Gasteiger charge is 2.14. The van der Waals surface area contributed by atoms with Crippen molar-refractivity contribution < 1.29 is 19.1 Å². The average Bonchev–Trinajstić information content (AvgIpc) is 3.20. The molecule has 0 spiro atoms. The van der Waals surface area contributed by atoms with E-state index < -0.39 is 0 Å². The molecule has 1 amide bonds. The van der Waals surface area contributed by atoms with E-state index in [1.54, 1.807) is 56.7 Å². The fraction of sp³-hybridized carbons (Fsp3) is 0.211. The number of aromatic nitrogens is 4. The van der Waals surface area contributed by atoms with Gasteiger partial charge in [0.05, 0.1) is 25.7 Å². The summed E-state index contributed by atoms with van der Waals surface area (Å²) in [5, 5.41) is 14.9. The Morgan fingerprint density at radius 3 is 2.62 bits per heavy atom. The van der Waals surface area contributed by atoms with E-state index in [0.717, 1.165) is 0 Å². The summed E-state index contributed by atoms with van der Waals surface area (Å²) in [7, 11) is 3.10. The van der Waals surface area contributed by atoms with Crippen molar-refractivity contribution in [2.75, 3.05) is 25.3 Å². The molecule has 2 aromatic carbocycles. The highest BCUT2D eigenvalue weighted by atomic mass is 32.2. The largest absolute Gasteiger partial charge is 0.493 e. The van der Waals surface area contributed by atoms with E-state index in [4.69, 9.17) is 9.47 Å². The standard InChI is InChI=1S/C19H19N5O4S/c1-12(25)13-5-4-6-14(9-13)20-18(26)11-29-19-21-22-23-24(19)15-7-8-16(27-2)17(10-15)28-3/h4-10H,11H2,1-3H3,(H,20,26). The van der Waals surface area contributed by atoms with Crippen molar-refractivity contribution in [3.05, 3.63) is 48.0 Å². The molecule has 1 heterocycles. The average molecular weight is 413 g/mol. The van der Waals surface area contributed by atoms with Gasteiger partial charge in [-0.25, -0.2) is 0 Å². The van der Waals surface area contributed by atoms with E-state index in [9.17, 15) is 9.59 Å². The predicted molar refractivity (Wildman–Crippen MR) is 108 cm³/mol. The van der Waals surface area contributed by atoms with Gasteiger partial charge < -0.3 is 14.8 Å². The number of ether oxygens (including phenoxy) is 2. The van der Waals surface area contributed by atoms with Crippen LogP contribution in [0.25, 0.3) is 5.69 Å². The molecule has 0 radical (unpaired) electrons. The topological polar surface area (TPSA) is 108 Å². The van der Waals surface area contributed by atoms with Crippen LogP contribution in [0.4, 0.5) is 5.69 Å². The molecule has 0 aliphatic rings. The second kappa shape index (κ2) is 9.20. The van der Waals surface area contributed by atoms with Crippen LogP contribution >= 0.6 is 11.8 Å². The molecule has 0 aliphatic carbocycles. The third-order valence-electron chi connectivity index (χ3n) is 3.94. The number of anilines is 1. The maximum atomic E-state index is 12.3. The number of ketones is 1. The molecule has 29 heavy (non-hydrogen) atoms. The molecule has 10 heteroatoms. The number of hydrogen-bond acceptors (Lipinski definition) is 8. The minimum Gasteiger partial charge on any atom is -0.493 e. The normalized spacial score (nSPS) is 10.4. The van der Waals surface area contributed by atoms with E-state index in [2.05, 4.69) is 20.8 Å². The molecule has 0 unspecified atom stereocenters. The van der Waals surface area contributed by atoms with Crippen LogP contribution in [0.15, 0.2) is 47.6 Å². The smallest absolute Gasteiger partial charge is 0.234 e. The Morgan fingerprint density at radius 2 is 1.90 bits per heavy atom. The summed E-state index contributed by atoms with van der Waals surface area (Å²) in [5.74, 6) is 0.921. The number of methoxy groups -OCH3 is 2. The van der Waals surface area contributed by atoms with Crippen LogP contribution < -0.4 is 14.8 Å². The van der Waals surface area contributed by atoms with Crippen LogP contribution in [0.1, 0.15) is 17.3 Å². The highest BCUT2D eigenvalue weighted by molar-refractivity contribution is 7.99. The van der Waals surface area contributed by atoms with Crippen LogP contribution in [0, 0.1) is 0 Å². The lowest BCUT2D eigenvalue weighted by Crippen LogP contribution is -2.15. The van der Waals surface area contributed by atoms with Crippen molar-refractivity contribution in [3.63, 3.8) is 0 Å². The Labute approximate surface area is 171 Å².